The summed E-state index contributed by atoms with van der Waals surface area (Å²) in [6.45, 7) is 6.40. The van der Waals surface area contributed by atoms with Crippen LogP contribution in [-0.4, -0.2) is 32.4 Å². The Morgan fingerprint density at radius 2 is 1.80 bits per heavy atom. The number of hydrogen-bond donors (Lipinski definition) is 1. The van der Waals surface area contributed by atoms with Gasteiger partial charge in [-0.3, -0.25) is 18.7 Å². The first kappa shape index (κ1) is 29.1. The summed E-state index contributed by atoms with van der Waals surface area (Å²) in [4.78, 5) is 32.0. The largest absolute Gasteiger partial charge is 0.494 e. The number of carbonyl (C=O) groups excluding carboxylic acids is 1. The molecule has 5 rings (SSSR count). The predicted octanol–water partition coefficient (Wildman–Crippen LogP) is 7.62. The zero-order valence-electron chi connectivity index (χ0n) is 22.6. The van der Waals surface area contributed by atoms with E-state index in [4.69, 9.17) is 33.5 Å². The molecule has 0 atom stereocenters. The molecule has 7 nitrogen and oxygen atoms in total. The number of para-hydroxylation sites is 1. The molecule has 5 aromatic rings. The third-order valence-electron chi connectivity index (χ3n) is 6.39. The molecule has 41 heavy (non-hydrogen) atoms. The van der Waals surface area contributed by atoms with Gasteiger partial charge in [-0.1, -0.05) is 59.8 Å². The van der Waals surface area contributed by atoms with Crippen LogP contribution in [0.1, 0.15) is 25.0 Å². The molecule has 3 aromatic carbocycles. The average molecular weight is 623 g/mol. The van der Waals surface area contributed by atoms with Gasteiger partial charge in [0.25, 0.3) is 5.56 Å². The van der Waals surface area contributed by atoms with Gasteiger partial charge in [0.1, 0.15) is 10.4 Å². The summed E-state index contributed by atoms with van der Waals surface area (Å²) in [5, 5.41) is 4.00. The van der Waals surface area contributed by atoms with Crippen molar-refractivity contribution in [2.45, 2.75) is 32.3 Å². The molecule has 11 heteroatoms. The van der Waals surface area contributed by atoms with Gasteiger partial charge in [-0.2, -0.15) is 0 Å². The zero-order valence-corrected chi connectivity index (χ0v) is 25.8. The molecule has 0 fully saturated rings. The molecule has 1 N–H and O–H groups in total. The van der Waals surface area contributed by atoms with Crippen LogP contribution in [0.2, 0.25) is 5.02 Å². The van der Waals surface area contributed by atoms with Crippen LogP contribution in [0.4, 0.5) is 5.69 Å². The molecule has 2 aromatic heterocycles. The SMILES string of the molecule is CCOc1ccc(-n2c(SCC(=O)Nc3ccccc3CC)nc3c(sc(=S)n3-c3ccc(Cl)c(C)c3)c2=O)cc1. The van der Waals surface area contributed by atoms with Crippen molar-refractivity contribution in [3.8, 4) is 17.1 Å². The fourth-order valence-corrected chi connectivity index (χ4v) is 6.61. The van der Waals surface area contributed by atoms with Gasteiger partial charge >= 0.3 is 0 Å². The Kier molecular flexibility index (Phi) is 8.94. The van der Waals surface area contributed by atoms with E-state index in [2.05, 4.69) is 5.32 Å². The van der Waals surface area contributed by atoms with Gasteiger partial charge in [-0.15, -0.1) is 0 Å². The molecule has 0 radical (unpaired) electrons. The van der Waals surface area contributed by atoms with Crippen molar-refractivity contribution in [2.75, 3.05) is 17.7 Å². The number of aromatic nitrogens is 3. The van der Waals surface area contributed by atoms with Gasteiger partial charge in [-0.05, 0) is 92.1 Å². The van der Waals surface area contributed by atoms with E-state index in [1.165, 1.54) is 27.7 Å². The molecule has 0 bridgehead atoms. The highest BCUT2D eigenvalue weighted by Crippen LogP contribution is 2.29. The normalized spacial score (nSPS) is 11.1. The lowest BCUT2D eigenvalue weighted by molar-refractivity contribution is -0.113. The summed E-state index contributed by atoms with van der Waals surface area (Å²) >= 11 is 14.4. The Bertz CT molecular complexity index is 1860. The molecular weight excluding hydrogens is 596 g/mol. The number of amides is 1. The highest BCUT2D eigenvalue weighted by atomic mass is 35.5. The summed E-state index contributed by atoms with van der Waals surface area (Å²) in [7, 11) is 0. The lowest BCUT2D eigenvalue weighted by atomic mass is 10.1. The quantitative estimate of drug-likeness (QED) is 0.103. The van der Waals surface area contributed by atoms with E-state index in [1.54, 1.807) is 22.8 Å². The summed E-state index contributed by atoms with van der Waals surface area (Å²) in [5.41, 5.74) is 4.25. The van der Waals surface area contributed by atoms with Gasteiger partial charge < -0.3 is 10.1 Å². The number of nitrogens with zero attached hydrogens (tertiary/aromatic N) is 3. The standard InChI is InChI=1S/C30H27ClN4O3S3/c1-4-19-8-6-7-9-24(19)32-25(36)17-40-29-33-27-26(28(37)35(29)20-10-13-22(14-11-20)38-5-2)41-30(39)34(27)21-12-15-23(31)18(3)16-21/h6-16H,4-5,17H2,1-3H3,(H,32,36). The highest BCUT2D eigenvalue weighted by Gasteiger charge is 2.20. The minimum atomic E-state index is -0.265. The van der Waals surface area contributed by atoms with E-state index in [-0.39, 0.29) is 17.2 Å². The monoisotopic (exact) mass is 622 g/mol. The Hall–Kier alpha value is -3.44. The van der Waals surface area contributed by atoms with Crippen LogP contribution < -0.4 is 15.6 Å². The van der Waals surface area contributed by atoms with E-state index in [1.807, 2.05) is 69.3 Å². The average Bonchev–Trinajstić information content (AvgIpc) is 3.30. The number of rotatable bonds is 9. The number of aryl methyl sites for hydroxylation is 2. The number of carbonyl (C=O) groups is 1. The second kappa shape index (κ2) is 12.6. The summed E-state index contributed by atoms with van der Waals surface area (Å²) in [6.07, 6.45) is 0.796. The van der Waals surface area contributed by atoms with Crippen LogP contribution in [0.25, 0.3) is 21.7 Å². The smallest absolute Gasteiger partial charge is 0.278 e. The van der Waals surface area contributed by atoms with E-state index in [0.717, 1.165) is 28.9 Å². The van der Waals surface area contributed by atoms with Crippen LogP contribution in [0.3, 0.4) is 0 Å². The molecule has 210 valence electrons. The number of halogens is 1. The maximum absolute atomic E-state index is 14.0. The van der Waals surface area contributed by atoms with Crippen molar-refractivity contribution in [1.82, 2.24) is 14.1 Å². The Labute approximate surface area is 255 Å². The number of thiazole rings is 1. The minimum Gasteiger partial charge on any atom is -0.494 e. The van der Waals surface area contributed by atoms with Crippen molar-refractivity contribution in [2.24, 2.45) is 0 Å². The fourth-order valence-electron chi connectivity index (χ4n) is 4.38. The minimum absolute atomic E-state index is 0.0535. The van der Waals surface area contributed by atoms with Crippen molar-refractivity contribution >= 4 is 68.9 Å². The van der Waals surface area contributed by atoms with Gasteiger partial charge in [0.2, 0.25) is 5.91 Å². The number of thioether (sulfide) groups is 1. The van der Waals surface area contributed by atoms with Crippen molar-refractivity contribution < 1.29 is 9.53 Å². The lowest BCUT2D eigenvalue weighted by Gasteiger charge is -2.14. The molecular formula is C30H27ClN4O3S3. The topological polar surface area (TPSA) is 78.2 Å². The second-order valence-corrected chi connectivity index (χ2v) is 12.1. The van der Waals surface area contributed by atoms with Gasteiger partial charge in [0.15, 0.2) is 14.8 Å². The Morgan fingerprint density at radius 3 is 2.51 bits per heavy atom. The first-order valence-electron chi connectivity index (χ1n) is 13.0. The number of anilines is 1. The van der Waals surface area contributed by atoms with Crippen LogP contribution in [-0.2, 0) is 11.2 Å². The summed E-state index contributed by atoms with van der Waals surface area (Å²) in [5.74, 6) is 0.554. The molecule has 0 aliphatic rings. The molecule has 0 saturated carbocycles. The number of benzene rings is 3. The predicted molar refractivity (Wildman–Crippen MR) is 171 cm³/mol. The van der Waals surface area contributed by atoms with E-state index in [0.29, 0.717) is 42.5 Å². The molecule has 1 amide bonds. The maximum atomic E-state index is 14.0. The van der Waals surface area contributed by atoms with Crippen LogP contribution in [0, 0.1) is 10.9 Å². The first-order valence-corrected chi connectivity index (χ1v) is 15.6. The first-order chi connectivity index (χ1) is 19.8. The third kappa shape index (κ3) is 6.11. The Morgan fingerprint density at radius 1 is 1.07 bits per heavy atom. The third-order valence-corrected chi connectivity index (χ3v) is 9.10. The molecule has 2 heterocycles. The molecule has 0 saturated heterocycles. The highest BCUT2D eigenvalue weighted by molar-refractivity contribution is 7.99. The number of ether oxygens (including phenoxy) is 1. The van der Waals surface area contributed by atoms with Crippen molar-refractivity contribution in [3.05, 3.63) is 97.2 Å². The van der Waals surface area contributed by atoms with Crippen LogP contribution in [0.15, 0.2) is 76.7 Å². The molecule has 0 aliphatic heterocycles. The summed E-state index contributed by atoms with van der Waals surface area (Å²) < 4.78 is 9.80. The number of nitrogens with one attached hydrogen (secondary N) is 1. The second-order valence-electron chi connectivity index (χ2n) is 9.10. The van der Waals surface area contributed by atoms with E-state index >= 15 is 0 Å². The number of hydrogen-bond acceptors (Lipinski definition) is 7. The maximum Gasteiger partial charge on any atom is 0.278 e. The Balaban J connectivity index is 1.60. The molecule has 0 spiro atoms. The zero-order chi connectivity index (χ0) is 29.1. The van der Waals surface area contributed by atoms with E-state index < -0.39 is 0 Å². The van der Waals surface area contributed by atoms with Crippen molar-refractivity contribution in [3.63, 3.8) is 0 Å². The van der Waals surface area contributed by atoms with Crippen molar-refractivity contribution in [1.29, 1.82) is 0 Å². The molecule has 0 unspecified atom stereocenters. The van der Waals surface area contributed by atoms with E-state index in [9.17, 15) is 9.59 Å². The van der Waals surface area contributed by atoms with Gasteiger partial charge in [0, 0.05) is 16.4 Å². The lowest BCUT2D eigenvalue weighted by Crippen LogP contribution is -2.23. The van der Waals surface area contributed by atoms with Gasteiger partial charge in [0.05, 0.1) is 18.0 Å². The molecule has 0 aliphatic carbocycles. The number of fused-ring (bicyclic) bond motifs is 1. The summed E-state index contributed by atoms with van der Waals surface area (Å²) in [6, 6.07) is 20.5. The van der Waals surface area contributed by atoms with Gasteiger partial charge in [-0.25, -0.2) is 4.98 Å². The fraction of sp³-hybridized carbons (Fsp3) is 0.200. The van der Waals surface area contributed by atoms with Crippen LogP contribution >= 0.6 is 46.9 Å². The van der Waals surface area contributed by atoms with Crippen LogP contribution in [0.5, 0.6) is 5.75 Å².